The third kappa shape index (κ3) is 5.34. The van der Waals surface area contributed by atoms with E-state index in [9.17, 15) is 9.18 Å². The summed E-state index contributed by atoms with van der Waals surface area (Å²) in [4.78, 5) is 13.2. The molecule has 0 aromatic heterocycles. The maximum Gasteiger partial charge on any atom is 0.260 e. The fourth-order valence-electron chi connectivity index (χ4n) is 1.85. The van der Waals surface area contributed by atoms with Crippen LogP contribution in [0.5, 0.6) is 5.75 Å². The summed E-state index contributed by atoms with van der Waals surface area (Å²) in [7, 11) is 1.70. The van der Waals surface area contributed by atoms with E-state index in [1.54, 1.807) is 24.1 Å². The lowest BCUT2D eigenvalue weighted by molar-refractivity contribution is -0.131. The zero-order chi connectivity index (χ0) is 15.8. The van der Waals surface area contributed by atoms with Crippen LogP contribution in [-0.2, 0) is 4.79 Å². The van der Waals surface area contributed by atoms with E-state index in [4.69, 9.17) is 4.74 Å². The summed E-state index contributed by atoms with van der Waals surface area (Å²) in [5.41, 5.74) is 0.604. The minimum absolute atomic E-state index is 0.0492. The Morgan fingerprint density at radius 1 is 1.43 bits per heavy atom. The van der Waals surface area contributed by atoms with Crippen LogP contribution in [0.2, 0.25) is 0 Å². The van der Waals surface area contributed by atoms with E-state index in [1.807, 2.05) is 13.8 Å². The molecule has 118 valence electrons. The SMILES string of the molecule is CCCNC(C)c1ccc(OCC(=O)N(C)CC)cc1F. The van der Waals surface area contributed by atoms with Gasteiger partial charge >= 0.3 is 0 Å². The Morgan fingerprint density at radius 3 is 2.71 bits per heavy atom. The molecule has 1 aromatic rings. The van der Waals surface area contributed by atoms with Crippen molar-refractivity contribution in [1.29, 1.82) is 0 Å². The number of carbonyl (C=O) groups is 1. The van der Waals surface area contributed by atoms with Crippen molar-refractivity contribution >= 4 is 5.91 Å². The van der Waals surface area contributed by atoms with Crippen molar-refractivity contribution in [3.63, 3.8) is 0 Å². The monoisotopic (exact) mass is 296 g/mol. The number of nitrogens with zero attached hydrogens (tertiary/aromatic N) is 1. The molecule has 0 saturated carbocycles. The standard InChI is InChI=1S/C16H25FN2O2/c1-5-9-18-12(3)14-8-7-13(10-15(14)17)21-11-16(20)19(4)6-2/h7-8,10,12,18H,5-6,9,11H2,1-4H3. The zero-order valence-corrected chi connectivity index (χ0v) is 13.3. The average Bonchev–Trinajstić information content (AvgIpc) is 2.49. The molecular formula is C16H25FN2O2. The highest BCUT2D eigenvalue weighted by atomic mass is 19.1. The molecule has 0 saturated heterocycles. The number of amides is 1. The quantitative estimate of drug-likeness (QED) is 0.802. The van der Waals surface area contributed by atoms with Crippen LogP contribution in [0.15, 0.2) is 18.2 Å². The predicted octanol–water partition coefficient (Wildman–Crippen LogP) is 2.74. The molecule has 1 aromatic carbocycles. The number of carbonyl (C=O) groups excluding carboxylic acids is 1. The first kappa shape index (κ1) is 17.4. The minimum Gasteiger partial charge on any atom is -0.484 e. The fraction of sp³-hybridized carbons (Fsp3) is 0.562. The van der Waals surface area contributed by atoms with E-state index in [-0.39, 0.29) is 24.4 Å². The lowest BCUT2D eigenvalue weighted by Crippen LogP contribution is -2.31. The van der Waals surface area contributed by atoms with Crippen molar-refractivity contribution in [3.05, 3.63) is 29.6 Å². The maximum atomic E-state index is 14.1. The number of likely N-dealkylation sites (N-methyl/N-ethyl adjacent to an activating group) is 1. The molecule has 4 nitrogen and oxygen atoms in total. The molecule has 0 aliphatic carbocycles. The Bertz CT molecular complexity index is 466. The zero-order valence-electron chi connectivity index (χ0n) is 13.3. The number of ether oxygens (including phenoxy) is 1. The van der Waals surface area contributed by atoms with Gasteiger partial charge in [-0.1, -0.05) is 13.0 Å². The van der Waals surface area contributed by atoms with Crippen molar-refractivity contribution in [2.75, 3.05) is 26.7 Å². The topological polar surface area (TPSA) is 41.6 Å². The summed E-state index contributed by atoms with van der Waals surface area (Å²) in [6, 6.07) is 4.68. The molecule has 1 amide bonds. The molecule has 5 heteroatoms. The summed E-state index contributed by atoms with van der Waals surface area (Å²) in [6.07, 6.45) is 1.00. The lowest BCUT2D eigenvalue weighted by Gasteiger charge is -2.17. The molecule has 1 unspecified atom stereocenters. The van der Waals surface area contributed by atoms with E-state index >= 15 is 0 Å². The number of hydrogen-bond acceptors (Lipinski definition) is 3. The van der Waals surface area contributed by atoms with Gasteiger partial charge in [0, 0.05) is 31.3 Å². The number of hydrogen-bond donors (Lipinski definition) is 1. The smallest absolute Gasteiger partial charge is 0.260 e. The van der Waals surface area contributed by atoms with Gasteiger partial charge in [0.15, 0.2) is 6.61 Å². The molecule has 0 bridgehead atoms. The third-order valence-corrected chi connectivity index (χ3v) is 3.40. The highest BCUT2D eigenvalue weighted by Gasteiger charge is 2.12. The Balaban J connectivity index is 2.63. The van der Waals surface area contributed by atoms with E-state index in [1.165, 1.54) is 6.07 Å². The Hall–Kier alpha value is -1.62. The van der Waals surface area contributed by atoms with Crippen molar-refractivity contribution in [3.8, 4) is 5.75 Å². The second-order valence-corrected chi connectivity index (χ2v) is 5.06. The van der Waals surface area contributed by atoms with Gasteiger partial charge in [-0.2, -0.15) is 0 Å². The molecular weight excluding hydrogens is 271 g/mol. The normalized spacial score (nSPS) is 12.0. The van der Waals surface area contributed by atoms with E-state index in [0.29, 0.717) is 17.9 Å². The van der Waals surface area contributed by atoms with Gasteiger partial charge < -0.3 is 15.0 Å². The molecule has 1 rings (SSSR count). The second-order valence-electron chi connectivity index (χ2n) is 5.06. The molecule has 0 aliphatic heterocycles. The molecule has 0 fully saturated rings. The second kappa shape index (κ2) is 8.62. The highest BCUT2D eigenvalue weighted by molar-refractivity contribution is 5.77. The van der Waals surface area contributed by atoms with Crippen molar-refractivity contribution in [1.82, 2.24) is 10.2 Å². The van der Waals surface area contributed by atoms with Crippen LogP contribution in [-0.4, -0.2) is 37.6 Å². The van der Waals surface area contributed by atoms with Gasteiger partial charge in [0.1, 0.15) is 11.6 Å². The molecule has 0 radical (unpaired) electrons. The molecule has 1 N–H and O–H groups in total. The molecule has 21 heavy (non-hydrogen) atoms. The van der Waals surface area contributed by atoms with Gasteiger partial charge in [0.2, 0.25) is 0 Å². The molecule has 0 spiro atoms. The Labute approximate surface area is 126 Å². The summed E-state index contributed by atoms with van der Waals surface area (Å²) in [6.45, 7) is 7.27. The number of halogens is 1. The minimum atomic E-state index is -0.320. The van der Waals surface area contributed by atoms with Crippen molar-refractivity contribution < 1.29 is 13.9 Å². The van der Waals surface area contributed by atoms with Gasteiger partial charge in [-0.25, -0.2) is 4.39 Å². The van der Waals surface area contributed by atoms with E-state index in [2.05, 4.69) is 12.2 Å². The van der Waals surface area contributed by atoms with Crippen LogP contribution in [0.1, 0.15) is 38.8 Å². The summed E-state index contributed by atoms with van der Waals surface area (Å²) >= 11 is 0. The van der Waals surface area contributed by atoms with Crippen LogP contribution in [0, 0.1) is 5.82 Å². The van der Waals surface area contributed by atoms with E-state index in [0.717, 1.165) is 13.0 Å². The first-order valence-corrected chi connectivity index (χ1v) is 7.39. The maximum absolute atomic E-state index is 14.1. The largest absolute Gasteiger partial charge is 0.484 e. The summed E-state index contributed by atoms with van der Waals surface area (Å²) in [5, 5.41) is 3.24. The number of rotatable bonds is 8. The first-order chi connectivity index (χ1) is 9.99. The van der Waals surface area contributed by atoms with Gasteiger partial charge in [-0.15, -0.1) is 0 Å². The van der Waals surface area contributed by atoms with Gasteiger partial charge in [0.05, 0.1) is 0 Å². The van der Waals surface area contributed by atoms with Crippen LogP contribution >= 0.6 is 0 Å². The highest BCUT2D eigenvalue weighted by Crippen LogP contribution is 2.22. The van der Waals surface area contributed by atoms with Crippen LogP contribution in [0.25, 0.3) is 0 Å². The van der Waals surface area contributed by atoms with Crippen LogP contribution < -0.4 is 10.1 Å². The van der Waals surface area contributed by atoms with Crippen LogP contribution in [0.3, 0.4) is 0 Å². The van der Waals surface area contributed by atoms with Gasteiger partial charge in [-0.3, -0.25) is 4.79 Å². The summed E-state index contributed by atoms with van der Waals surface area (Å²) < 4.78 is 19.4. The lowest BCUT2D eigenvalue weighted by atomic mass is 10.1. The fourth-order valence-corrected chi connectivity index (χ4v) is 1.85. The number of benzene rings is 1. The third-order valence-electron chi connectivity index (χ3n) is 3.40. The number of nitrogens with one attached hydrogen (secondary N) is 1. The summed E-state index contributed by atoms with van der Waals surface area (Å²) in [5.74, 6) is -0.0725. The Kier molecular flexibility index (Phi) is 7.15. The average molecular weight is 296 g/mol. The predicted molar refractivity (Wildman–Crippen MR) is 81.9 cm³/mol. The molecule has 1 atom stereocenters. The van der Waals surface area contributed by atoms with Crippen molar-refractivity contribution in [2.45, 2.75) is 33.2 Å². The molecule has 0 heterocycles. The van der Waals surface area contributed by atoms with Gasteiger partial charge in [-0.05, 0) is 32.9 Å². The van der Waals surface area contributed by atoms with E-state index < -0.39 is 0 Å². The first-order valence-electron chi connectivity index (χ1n) is 7.39. The Morgan fingerprint density at radius 2 is 2.14 bits per heavy atom. The van der Waals surface area contributed by atoms with Crippen molar-refractivity contribution in [2.24, 2.45) is 0 Å². The molecule has 0 aliphatic rings. The van der Waals surface area contributed by atoms with Crippen LogP contribution in [0.4, 0.5) is 4.39 Å². The van der Waals surface area contributed by atoms with Gasteiger partial charge in [0.25, 0.3) is 5.91 Å².